The molecule has 0 bridgehead atoms. The number of nitrogens with zero attached hydrogens (tertiary/aromatic N) is 3. The molecular formula is C20H21N3O3. The molecule has 1 aliphatic heterocycles. The smallest absolute Gasteiger partial charge is 0.410 e. The highest BCUT2D eigenvalue weighted by Gasteiger charge is 2.19. The van der Waals surface area contributed by atoms with Crippen LogP contribution < -0.4 is 0 Å². The van der Waals surface area contributed by atoms with Crippen molar-refractivity contribution in [3.63, 3.8) is 0 Å². The third kappa shape index (κ3) is 4.69. The van der Waals surface area contributed by atoms with E-state index < -0.39 is 0 Å². The van der Waals surface area contributed by atoms with Crippen molar-refractivity contribution >= 4 is 23.8 Å². The molecule has 0 saturated heterocycles. The molecule has 0 spiro atoms. The van der Waals surface area contributed by atoms with Gasteiger partial charge in [-0.2, -0.15) is 0 Å². The van der Waals surface area contributed by atoms with Crippen LogP contribution in [0.25, 0.3) is 5.57 Å². The largest absolute Gasteiger partial charge is 0.486 e. The average molecular weight is 351 g/mol. The zero-order chi connectivity index (χ0) is 18.2. The molecule has 134 valence electrons. The second kappa shape index (κ2) is 8.80. The highest BCUT2D eigenvalue weighted by molar-refractivity contribution is 5.71. The molecule has 2 aromatic rings. The molecule has 2 heterocycles. The van der Waals surface area contributed by atoms with Gasteiger partial charge in [0.05, 0.1) is 24.7 Å². The van der Waals surface area contributed by atoms with Gasteiger partial charge in [-0.15, -0.1) is 0 Å². The van der Waals surface area contributed by atoms with Gasteiger partial charge in [-0.3, -0.25) is 4.98 Å². The third-order valence-electron chi connectivity index (χ3n) is 4.06. The molecule has 0 unspecified atom stereocenters. The summed E-state index contributed by atoms with van der Waals surface area (Å²) in [5.41, 5.74) is 3.74. The fourth-order valence-corrected chi connectivity index (χ4v) is 2.64. The number of carbonyl (C=O) groups excluding carboxylic acids is 1. The van der Waals surface area contributed by atoms with E-state index in [1.807, 2.05) is 48.5 Å². The standard InChI is InChI=1S/C20H21N3O3/c1-25-15-22-18-7-8-19(21-13-18)17-9-11-23(12-10-17)20(24)26-14-16-5-3-2-4-6-16/h2-9,13,15H,10-12,14H2,1H3. The van der Waals surface area contributed by atoms with Crippen LogP contribution in [0, 0.1) is 0 Å². The maximum Gasteiger partial charge on any atom is 0.410 e. The van der Waals surface area contributed by atoms with Crippen LogP contribution in [-0.2, 0) is 16.1 Å². The van der Waals surface area contributed by atoms with Gasteiger partial charge in [0.25, 0.3) is 0 Å². The second-order valence-corrected chi connectivity index (χ2v) is 5.84. The van der Waals surface area contributed by atoms with Crippen molar-refractivity contribution in [2.45, 2.75) is 13.0 Å². The summed E-state index contributed by atoms with van der Waals surface area (Å²) < 4.78 is 10.2. The minimum atomic E-state index is -0.290. The van der Waals surface area contributed by atoms with E-state index in [1.165, 1.54) is 6.40 Å². The number of hydrogen-bond acceptors (Lipinski definition) is 5. The predicted octanol–water partition coefficient (Wildman–Crippen LogP) is 3.81. The topological polar surface area (TPSA) is 64.0 Å². The number of carbonyl (C=O) groups is 1. The summed E-state index contributed by atoms with van der Waals surface area (Å²) in [6.45, 7) is 1.43. The van der Waals surface area contributed by atoms with E-state index >= 15 is 0 Å². The number of rotatable bonds is 5. The van der Waals surface area contributed by atoms with Crippen LogP contribution in [0.15, 0.2) is 59.7 Å². The van der Waals surface area contributed by atoms with Crippen LogP contribution in [0.3, 0.4) is 0 Å². The Labute approximate surface area is 152 Å². The van der Waals surface area contributed by atoms with Crippen molar-refractivity contribution in [1.29, 1.82) is 0 Å². The van der Waals surface area contributed by atoms with Gasteiger partial charge >= 0.3 is 6.09 Å². The van der Waals surface area contributed by atoms with Crippen molar-refractivity contribution < 1.29 is 14.3 Å². The third-order valence-corrected chi connectivity index (χ3v) is 4.06. The van der Waals surface area contributed by atoms with E-state index in [2.05, 4.69) is 9.98 Å². The highest BCUT2D eigenvalue weighted by atomic mass is 16.6. The van der Waals surface area contributed by atoms with Crippen molar-refractivity contribution in [1.82, 2.24) is 9.88 Å². The van der Waals surface area contributed by atoms with Crippen molar-refractivity contribution in [3.05, 3.63) is 66.0 Å². The van der Waals surface area contributed by atoms with Gasteiger partial charge in [0, 0.05) is 13.1 Å². The first-order valence-electron chi connectivity index (χ1n) is 8.42. The molecule has 0 N–H and O–H groups in total. The molecule has 1 aromatic heterocycles. The summed E-state index contributed by atoms with van der Waals surface area (Å²) in [6, 6.07) is 13.5. The lowest BCUT2D eigenvalue weighted by atomic mass is 10.0. The van der Waals surface area contributed by atoms with Crippen molar-refractivity contribution in [2.75, 3.05) is 20.2 Å². The van der Waals surface area contributed by atoms with Gasteiger partial charge < -0.3 is 14.4 Å². The summed E-state index contributed by atoms with van der Waals surface area (Å²) in [6.07, 6.45) is 5.55. The average Bonchev–Trinajstić information content (AvgIpc) is 2.72. The number of methoxy groups -OCH3 is 1. The van der Waals surface area contributed by atoms with E-state index in [9.17, 15) is 4.79 Å². The van der Waals surface area contributed by atoms with E-state index in [1.54, 1.807) is 18.2 Å². The molecule has 6 nitrogen and oxygen atoms in total. The summed E-state index contributed by atoms with van der Waals surface area (Å²) in [4.78, 5) is 22.4. The van der Waals surface area contributed by atoms with Gasteiger partial charge in [0.1, 0.15) is 6.61 Å². The number of amides is 1. The molecule has 0 radical (unpaired) electrons. The van der Waals surface area contributed by atoms with Crippen LogP contribution in [-0.4, -0.2) is 42.6 Å². The first kappa shape index (κ1) is 17.7. The Bertz CT molecular complexity index is 786. The van der Waals surface area contributed by atoms with Crippen molar-refractivity contribution in [2.24, 2.45) is 4.99 Å². The lowest BCUT2D eigenvalue weighted by Gasteiger charge is -2.25. The summed E-state index contributed by atoms with van der Waals surface area (Å²) in [5.74, 6) is 0. The summed E-state index contributed by atoms with van der Waals surface area (Å²) >= 11 is 0. The number of aromatic nitrogens is 1. The first-order chi connectivity index (χ1) is 12.8. The Kier molecular flexibility index (Phi) is 5.98. The van der Waals surface area contributed by atoms with Gasteiger partial charge in [0.15, 0.2) is 6.40 Å². The zero-order valence-corrected chi connectivity index (χ0v) is 14.7. The van der Waals surface area contributed by atoms with Crippen LogP contribution in [0.4, 0.5) is 10.5 Å². The Hall–Kier alpha value is -3.15. The molecule has 0 saturated carbocycles. The molecule has 1 aliphatic rings. The quantitative estimate of drug-likeness (QED) is 0.607. The number of benzene rings is 1. The SMILES string of the molecule is COC=Nc1ccc(C2=CCN(C(=O)OCc3ccccc3)CC2)nc1. The number of pyridine rings is 1. The molecule has 3 rings (SSSR count). The molecule has 26 heavy (non-hydrogen) atoms. The lowest BCUT2D eigenvalue weighted by Crippen LogP contribution is -2.35. The van der Waals surface area contributed by atoms with Gasteiger partial charge in [0.2, 0.25) is 0 Å². The highest BCUT2D eigenvalue weighted by Crippen LogP contribution is 2.22. The lowest BCUT2D eigenvalue weighted by molar-refractivity contribution is 0.0998. The van der Waals surface area contributed by atoms with Gasteiger partial charge in [-0.05, 0) is 29.7 Å². The predicted molar refractivity (Wildman–Crippen MR) is 100 cm³/mol. The monoisotopic (exact) mass is 351 g/mol. The Morgan fingerprint density at radius 2 is 2.12 bits per heavy atom. The van der Waals surface area contributed by atoms with E-state index in [4.69, 9.17) is 9.47 Å². The van der Waals surface area contributed by atoms with Crippen molar-refractivity contribution in [3.8, 4) is 0 Å². The number of hydrogen-bond donors (Lipinski definition) is 0. The van der Waals surface area contributed by atoms with Gasteiger partial charge in [-0.25, -0.2) is 9.79 Å². The Balaban J connectivity index is 1.54. The van der Waals surface area contributed by atoms with Crippen LogP contribution in [0.5, 0.6) is 0 Å². The van der Waals surface area contributed by atoms with Gasteiger partial charge in [-0.1, -0.05) is 36.4 Å². The van der Waals surface area contributed by atoms with Crippen LogP contribution >= 0.6 is 0 Å². The molecule has 1 aromatic carbocycles. The Morgan fingerprint density at radius 1 is 1.27 bits per heavy atom. The normalized spacial score (nSPS) is 14.2. The first-order valence-corrected chi connectivity index (χ1v) is 8.42. The molecule has 0 fully saturated rings. The maximum absolute atomic E-state index is 12.2. The van der Waals surface area contributed by atoms with Crippen LogP contribution in [0.2, 0.25) is 0 Å². The second-order valence-electron chi connectivity index (χ2n) is 5.84. The number of aliphatic imine (C=N–C) groups is 1. The van der Waals surface area contributed by atoms with E-state index in [0.29, 0.717) is 13.1 Å². The number of ether oxygens (including phenoxy) is 2. The molecular weight excluding hydrogens is 330 g/mol. The minimum Gasteiger partial charge on any atom is -0.486 e. The molecule has 0 atom stereocenters. The van der Waals surface area contributed by atoms with E-state index in [0.717, 1.165) is 28.9 Å². The van der Waals surface area contributed by atoms with E-state index in [-0.39, 0.29) is 12.7 Å². The molecule has 1 amide bonds. The van der Waals surface area contributed by atoms with Crippen LogP contribution in [0.1, 0.15) is 17.7 Å². The Morgan fingerprint density at radius 3 is 2.77 bits per heavy atom. The maximum atomic E-state index is 12.2. The zero-order valence-electron chi connectivity index (χ0n) is 14.7. The minimum absolute atomic E-state index is 0.289. The summed E-state index contributed by atoms with van der Waals surface area (Å²) in [7, 11) is 1.55. The fourth-order valence-electron chi connectivity index (χ4n) is 2.64. The fraction of sp³-hybridized carbons (Fsp3) is 0.250. The molecule has 6 heteroatoms. The summed E-state index contributed by atoms with van der Waals surface area (Å²) in [5, 5.41) is 0. The molecule has 0 aliphatic carbocycles.